The SMILES string of the molecule is CC[n+]1ccn(C)c1C.CCc1n(C)cc[n+]1CC. The Hall–Kier alpha value is -1.58. The number of imidazole rings is 2. The first-order valence-electron chi connectivity index (χ1n) is 7.10. The van der Waals surface area contributed by atoms with E-state index < -0.39 is 0 Å². The quantitative estimate of drug-likeness (QED) is 0.749. The molecule has 4 nitrogen and oxygen atoms in total. The van der Waals surface area contributed by atoms with Gasteiger partial charge in [0, 0.05) is 13.3 Å². The zero-order chi connectivity index (χ0) is 14.4. The van der Waals surface area contributed by atoms with Crippen molar-refractivity contribution in [1.82, 2.24) is 9.13 Å². The van der Waals surface area contributed by atoms with Gasteiger partial charge in [-0.1, -0.05) is 6.92 Å². The number of rotatable bonds is 3. The molecule has 0 spiro atoms. The van der Waals surface area contributed by atoms with Crippen LogP contribution in [-0.4, -0.2) is 9.13 Å². The molecule has 2 rings (SSSR count). The Balaban J connectivity index is 0.000000191. The summed E-state index contributed by atoms with van der Waals surface area (Å²) in [6.45, 7) is 10.7. The second-order valence-electron chi connectivity index (χ2n) is 4.71. The van der Waals surface area contributed by atoms with Gasteiger partial charge in [0.15, 0.2) is 0 Å². The molecule has 2 aromatic rings. The highest BCUT2D eigenvalue weighted by molar-refractivity contribution is 4.80. The molecule has 0 saturated heterocycles. The molecule has 0 aliphatic carbocycles. The minimum Gasteiger partial charge on any atom is -0.237 e. The average molecular weight is 264 g/mol. The molecular formula is C15H28N4+2. The van der Waals surface area contributed by atoms with Gasteiger partial charge in [0.1, 0.15) is 24.8 Å². The van der Waals surface area contributed by atoms with E-state index in [-0.39, 0.29) is 0 Å². The van der Waals surface area contributed by atoms with E-state index in [1.54, 1.807) is 0 Å². The summed E-state index contributed by atoms with van der Waals surface area (Å²) in [6, 6.07) is 0. The maximum Gasteiger partial charge on any atom is 0.255 e. The van der Waals surface area contributed by atoms with Gasteiger partial charge in [-0.25, -0.2) is 18.3 Å². The van der Waals surface area contributed by atoms with Crippen LogP contribution in [0.3, 0.4) is 0 Å². The van der Waals surface area contributed by atoms with E-state index in [2.05, 4.69) is 84.8 Å². The third kappa shape index (κ3) is 3.69. The van der Waals surface area contributed by atoms with Crippen molar-refractivity contribution in [3.63, 3.8) is 0 Å². The van der Waals surface area contributed by atoms with E-state index in [1.165, 1.54) is 11.6 Å². The average Bonchev–Trinajstić information content (AvgIpc) is 2.94. The van der Waals surface area contributed by atoms with E-state index in [4.69, 9.17) is 0 Å². The molecule has 0 aliphatic rings. The van der Waals surface area contributed by atoms with Crippen LogP contribution in [0.15, 0.2) is 24.8 Å². The van der Waals surface area contributed by atoms with E-state index in [0.29, 0.717) is 0 Å². The van der Waals surface area contributed by atoms with Crippen molar-refractivity contribution in [2.75, 3.05) is 0 Å². The summed E-state index contributed by atoms with van der Waals surface area (Å²) in [4.78, 5) is 0. The first kappa shape index (κ1) is 15.5. The molecular weight excluding hydrogens is 236 g/mol. The summed E-state index contributed by atoms with van der Waals surface area (Å²) >= 11 is 0. The molecule has 0 unspecified atom stereocenters. The van der Waals surface area contributed by atoms with Crippen LogP contribution < -0.4 is 9.13 Å². The summed E-state index contributed by atoms with van der Waals surface area (Å²) in [6.07, 6.45) is 9.49. The maximum absolute atomic E-state index is 2.26. The minimum atomic E-state index is 1.06. The smallest absolute Gasteiger partial charge is 0.237 e. The fraction of sp³-hybridized carbons (Fsp3) is 0.600. The molecule has 0 N–H and O–H groups in total. The Kier molecular flexibility index (Phi) is 5.80. The third-order valence-electron chi connectivity index (χ3n) is 3.60. The number of nitrogens with zero attached hydrogens (tertiary/aromatic N) is 4. The number of hydrogen-bond donors (Lipinski definition) is 0. The normalized spacial score (nSPS) is 10.2. The van der Waals surface area contributed by atoms with Crippen LogP contribution in [0.4, 0.5) is 0 Å². The van der Waals surface area contributed by atoms with E-state index in [9.17, 15) is 0 Å². The Morgan fingerprint density at radius 2 is 1.42 bits per heavy atom. The van der Waals surface area contributed by atoms with Crippen LogP contribution in [0.2, 0.25) is 0 Å². The van der Waals surface area contributed by atoms with Crippen LogP contribution in [-0.2, 0) is 33.6 Å². The number of aryl methyl sites for hydroxylation is 4. The summed E-state index contributed by atoms with van der Waals surface area (Å²) < 4.78 is 8.76. The Labute approximate surface area is 116 Å². The van der Waals surface area contributed by atoms with Crippen molar-refractivity contribution in [2.24, 2.45) is 14.1 Å². The molecule has 4 heteroatoms. The molecule has 19 heavy (non-hydrogen) atoms. The fourth-order valence-electron chi connectivity index (χ4n) is 2.23. The van der Waals surface area contributed by atoms with Crippen LogP contribution in [0.5, 0.6) is 0 Å². The summed E-state index contributed by atoms with van der Waals surface area (Å²) in [7, 11) is 4.15. The molecule has 2 aromatic heterocycles. The van der Waals surface area contributed by atoms with Gasteiger partial charge in [0.05, 0.1) is 27.2 Å². The number of hydrogen-bond acceptors (Lipinski definition) is 0. The van der Waals surface area contributed by atoms with Crippen molar-refractivity contribution in [1.29, 1.82) is 0 Å². The molecule has 0 aliphatic heterocycles. The van der Waals surface area contributed by atoms with Crippen molar-refractivity contribution < 1.29 is 9.13 Å². The van der Waals surface area contributed by atoms with Gasteiger partial charge in [-0.15, -0.1) is 0 Å². The van der Waals surface area contributed by atoms with Gasteiger partial charge in [-0.3, -0.25) is 0 Å². The highest BCUT2D eigenvalue weighted by Crippen LogP contribution is 1.91. The van der Waals surface area contributed by atoms with Crippen LogP contribution in [0.1, 0.15) is 32.4 Å². The molecule has 0 amide bonds. The largest absolute Gasteiger partial charge is 0.255 e. The lowest BCUT2D eigenvalue weighted by molar-refractivity contribution is -0.700. The summed E-state index contributed by atoms with van der Waals surface area (Å²) in [5.41, 5.74) is 0. The molecule has 0 saturated carbocycles. The van der Waals surface area contributed by atoms with Gasteiger partial charge in [0.2, 0.25) is 0 Å². The van der Waals surface area contributed by atoms with Crippen molar-refractivity contribution in [3.05, 3.63) is 36.4 Å². The van der Waals surface area contributed by atoms with Gasteiger partial charge in [-0.2, -0.15) is 0 Å². The lowest BCUT2D eigenvalue weighted by atomic mass is 10.4. The van der Waals surface area contributed by atoms with Crippen molar-refractivity contribution >= 4 is 0 Å². The van der Waals surface area contributed by atoms with Gasteiger partial charge < -0.3 is 0 Å². The molecule has 2 heterocycles. The topological polar surface area (TPSA) is 17.6 Å². The van der Waals surface area contributed by atoms with E-state index >= 15 is 0 Å². The molecule has 0 atom stereocenters. The molecule has 0 bridgehead atoms. The molecule has 0 aromatic carbocycles. The van der Waals surface area contributed by atoms with E-state index in [0.717, 1.165) is 19.5 Å². The number of aromatic nitrogens is 4. The second kappa shape index (κ2) is 7.12. The highest BCUT2D eigenvalue weighted by atomic mass is 15.1. The third-order valence-corrected chi connectivity index (χ3v) is 3.60. The summed E-state index contributed by atoms with van der Waals surface area (Å²) in [5, 5.41) is 0. The highest BCUT2D eigenvalue weighted by Gasteiger charge is 2.08. The second-order valence-corrected chi connectivity index (χ2v) is 4.71. The standard InChI is InChI=1S/C8H15N2.C7H13N2/c1-4-8-9(3)6-7-10(8)5-2;1-4-9-6-5-8(3)7(9)2/h6-7H,4-5H2,1-3H3;5-6H,4H2,1-3H3/q2*+1. The van der Waals surface area contributed by atoms with E-state index in [1.807, 2.05) is 0 Å². The van der Waals surface area contributed by atoms with Gasteiger partial charge in [0.25, 0.3) is 11.6 Å². The molecule has 106 valence electrons. The van der Waals surface area contributed by atoms with Crippen molar-refractivity contribution in [3.8, 4) is 0 Å². The first-order chi connectivity index (χ1) is 9.04. The zero-order valence-corrected chi connectivity index (χ0v) is 13.2. The minimum absolute atomic E-state index is 1.06. The van der Waals surface area contributed by atoms with Gasteiger partial charge >= 0.3 is 0 Å². The molecule has 0 radical (unpaired) electrons. The van der Waals surface area contributed by atoms with Crippen LogP contribution >= 0.6 is 0 Å². The van der Waals surface area contributed by atoms with Crippen molar-refractivity contribution in [2.45, 2.75) is 47.2 Å². The zero-order valence-electron chi connectivity index (χ0n) is 13.2. The summed E-state index contributed by atoms with van der Waals surface area (Å²) in [5.74, 6) is 2.69. The van der Waals surface area contributed by atoms with Gasteiger partial charge in [-0.05, 0) is 13.8 Å². The first-order valence-corrected chi connectivity index (χ1v) is 7.10. The predicted octanol–water partition coefficient (Wildman–Crippen LogP) is 1.54. The lowest BCUT2D eigenvalue weighted by Crippen LogP contribution is -2.35. The Morgan fingerprint density at radius 3 is 1.74 bits per heavy atom. The Morgan fingerprint density at radius 1 is 0.895 bits per heavy atom. The Bertz CT molecular complexity index is 508. The van der Waals surface area contributed by atoms with Crippen LogP contribution in [0, 0.1) is 6.92 Å². The molecule has 0 fully saturated rings. The fourth-order valence-corrected chi connectivity index (χ4v) is 2.23. The monoisotopic (exact) mass is 264 g/mol. The maximum atomic E-state index is 2.26. The lowest BCUT2D eigenvalue weighted by Gasteiger charge is -1.94. The predicted molar refractivity (Wildman–Crippen MR) is 76.7 cm³/mol. The van der Waals surface area contributed by atoms with Crippen LogP contribution in [0.25, 0.3) is 0 Å².